The number of benzene rings is 1. The summed E-state index contributed by atoms with van der Waals surface area (Å²) in [5.74, 6) is -1.73. The third-order valence-electron chi connectivity index (χ3n) is 7.50. The summed E-state index contributed by atoms with van der Waals surface area (Å²) in [4.78, 5) is 69.5. The Morgan fingerprint density at radius 2 is 1.62 bits per heavy atom. The van der Waals surface area contributed by atoms with E-state index in [1.165, 1.54) is 0 Å². The minimum absolute atomic E-state index is 0. The van der Waals surface area contributed by atoms with E-state index in [1.807, 2.05) is 11.0 Å². The summed E-state index contributed by atoms with van der Waals surface area (Å²) in [5.41, 5.74) is 1.46. The van der Waals surface area contributed by atoms with Gasteiger partial charge in [-0.05, 0) is 37.6 Å². The van der Waals surface area contributed by atoms with Crippen molar-refractivity contribution in [3.63, 3.8) is 0 Å². The highest BCUT2D eigenvalue weighted by Gasteiger charge is 2.44. The molecule has 0 aliphatic carbocycles. The fraction of sp³-hybridized carbons (Fsp3) is 0.560. The molecule has 0 bridgehead atoms. The Morgan fingerprint density at radius 3 is 2.32 bits per heavy atom. The molecule has 3 saturated heterocycles. The first-order valence-corrected chi connectivity index (χ1v) is 12.7. The van der Waals surface area contributed by atoms with Gasteiger partial charge < -0.3 is 15.1 Å². The summed E-state index contributed by atoms with van der Waals surface area (Å²) in [5, 5.41) is 5.48. The molecule has 0 aromatic heterocycles. The van der Waals surface area contributed by atoms with Crippen molar-refractivity contribution in [3.05, 3.63) is 29.3 Å². The van der Waals surface area contributed by atoms with Gasteiger partial charge in [-0.3, -0.25) is 39.1 Å². The molecule has 0 spiro atoms. The fourth-order valence-corrected chi connectivity index (χ4v) is 5.41. The number of carbonyl (C=O) groups excluding carboxylic acids is 5. The van der Waals surface area contributed by atoms with Gasteiger partial charge in [0.1, 0.15) is 6.04 Å². The van der Waals surface area contributed by atoms with E-state index in [2.05, 4.69) is 20.4 Å². The molecule has 1 aromatic carbocycles. The normalized spacial score (nSPS) is 22.6. The van der Waals surface area contributed by atoms with E-state index in [0.717, 1.165) is 75.9 Å². The molecule has 2 N–H and O–H groups in total. The molecule has 5 rings (SSSR count). The maximum absolute atomic E-state index is 13.1. The van der Waals surface area contributed by atoms with Crippen molar-refractivity contribution in [2.45, 2.75) is 31.7 Å². The maximum atomic E-state index is 13.1. The van der Waals surface area contributed by atoms with Crippen molar-refractivity contribution in [1.82, 2.24) is 25.3 Å². The molecule has 1 unspecified atom stereocenters. The highest BCUT2D eigenvalue weighted by atomic mass is 35.5. The molecule has 1 aromatic rings. The molecular weight excluding hydrogens is 500 g/mol. The average molecular weight is 533 g/mol. The monoisotopic (exact) mass is 532 g/mol. The zero-order valence-corrected chi connectivity index (χ0v) is 21.6. The molecule has 4 aliphatic rings. The Labute approximate surface area is 221 Å². The second kappa shape index (κ2) is 11.6. The molecule has 0 radical (unpaired) electrons. The van der Waals surface area contributed by atoms with Crippen molar-refractivity contribution in [2.24, 2.45) is 0 Å². The third-order valence-corrected chi connectivity index (χ3v) is 7.50. The van der Waals surface area contributed by atoms with Gasteiger partial charge in [-0.1, -0.05) is 0 Å². The van der Waals surface area contributed by atoms with Crippen molar-refractivity contribution in [2.75, 3.05) is 63.8 Å². The molecule has 3 fully saturated rings. The number of hydrogen-bond acceptors (Lipinski definition) is 8. The number of imide groups is 2. The number of piperazine rings is 2. The number of anilines is 1. The molecule has 0 saturated carbocycles. The summed E-state index contributed by atoms with van der Waals surface area (Å²) >= 11 is 0. The Balaban J connectivity index is 0.00000320. The van der Waals surface area contributed by atoms with Gasteiger partial charge in [-0.2, -0.15) is 0 Å². The van der Waals surface area contributed by atoms with E-state index in [-0.39, 0.29) is 37.1 Å². The van der Waals surface area contributed by atoms with Crippen LogP contribution in [0.25, 0.3) is 0 Å². The van der Waals surface area contributed by atoms with Crippen LogP contribution in [0.2, 0.25) is 0 Å². The summed E-state index contributed by atoms with van der Waals surface area (Å²) in [6.07, 6.45) is 1.66. The van der Waals surface area contributed by atoms with Crippen LogP contribution < -0.4 is 15.5 Å². The van der Waals surface area contributed by atoms with Gasteiger partial charge in [0.05, 0.1) is 11.1 Å². The van der Waals surface area contributed by atoms with Crippen molar-refractivity contribution in [3.8, 4) is 0 Å². The molecule has 4 heterocycles. The lowest BCUT2D eigenvalue weighted by molar-refractivity contribution is -0.136. The Morgan fingerprint density at radius 1 is 0.919 bits per heavy atom. The Kier molecular flexibility index (Phi) is 8.46. The van der Waals surface area contributed by atoms with Crippen molar-refractivity contribution < 1.29 is 24.0 Å². The lowest BCUT2D eigenvalue weighted by Gasteiger charge is -2.36. The van der Waals surface area contributed by atoms with Gasteiger partial charge in [0.2, 0.25) is 17.7 Å². The third kappa shape index (κ3) is 5.63. The number of rotatable bonds is 6. The molecule has 1 atom stereocenters. The number of fused-ring (bicyclic) bond motifs is 1. The Bertz CT molecular complexity index is 1080. The lowest BCUT2D eigenvalue weighted by atomic mass is 10.0. The van der Waals surface area contributed by atoms with E-state index in [9.17, 15) is 24.0 Å². The van der Waals surface area contributed by atoms with Crippen LogP contribution in [0.5, 0.6) is 0 Å². The van der Waals surface area contributed by atoms with Gasteiger partial charge >= 0.3 is 0 Å². The van der Waals surface area contributed by atoms with Gasteiger partial charge in [-0.25, -0.2) is 0 Å². The van der Waals surface area contributed by atoms with Gasteiger partial charge in [0.25, 0.3) is 11.8 Å². The van der Waals surface area contributed by atoms with E-state index in [4.69, 9.17) is 0 Å². The van der Waals surface area contributed by atoms with Crippen LogP contribution in [0.15, 0.2) is 18.2 Å². The van der Waals surface area contributed by atoms with Crippen LogP contribution >= 0.6 is 12.4 Å². The second-order valence-electron chi connectivity index (χ2n) is 9.74. The highest BCUT2D eigenvalue weighted by Crippen LogP contribution is 2.31. The van der Waals surface area contributed by atoms with Crippen LogP contribution in [0.1, 0.15) is 46.4 Å². The minimum atomic E-state index is -0.958. The van der Waals surface area contributed by atoms with E-state index in [0.29, 0.717) is 17.5 Å². The molecule has 11 nitrogen and oxygen atoms in total. The number of amides is 5. The largest absolute Gasteiger partial charge is 0.369 e. The van der Waals surface area contributed by atoms with Gasteiger partial charge in [0, 0.05) is 70.9 Å². The van der Waals surface area contributed by atoms with Crippen LogP contribution in [-0.2, 0) is 14.4 Å². The number of halogens is 1. The van der Waals surface area contributed by atoms with Crippen LogP contribution in [-0.4, -0.2) is 109 Å². The molecular formula is C25H33ClN6O5. The first kappa shape index (κ1) is 27.0. The smallest absolute Gasteiger partial charge is 0.262 e. The summed E-state index contributed by atoms with van der Waals surface area (Å²) in [7, 11) is 0. The molecule has 5 amide bonds. The Hall–Kier alpha value is -3.02. The topological polar surface area (TPSA) is 122 Å². The molecule has 12 heteroatoms. The van der Waals surface area contributed by atoms with Gasteiger partial charge in [0.15, 0.2) is 0 Å². The first-order valence-electron chi connectivity index (χ1n) is 12.7. The summed E-state index contributed by atoms with van der Waals surface area (Å²) in [6, 6.07) is 4.29. The van der Waals surface area contributed by atoms with E-state index >= 15 is 0 Å². The van der Waals surface area contributed by atoms with E-state index in [1.54, 1.807) is 12.1 Å². The maximum Gasteiger partial charge on any atom is 0.262 e. The second-order valence-corrected chi connectivity index (χ2v) is 9.74. The zero-order valence-electron chi connectivity index (χ0n) is 20.7. The molecule has 37 heavy (non-hydrogen) atoms. The van der Waals surface area contributed by atoms with Gasteiger partial charge in [-0.15, -0.1) is 12.4 Å². The minimum Gasteiger partial charge on any atom is -0.369 e. The average Bonchev–Trinajstić information content (AvgIpc) is 3.14. The molecule has 200 valence electrons. The molecule has 4 aliphatic heterocycles. The van der Waals surface area contributed by atoms with Crippen LogP contribution in [0.4, 0.5) is 5.69 Å². The summed E-state index contributed by atoms with van der Waals surface area (Å²) < 4.78 is 0. The number of carbonyl (C=O) groups is 5. The predicted molar refractivity (Wildman–Crippen MR) is 138 cm³/mol. The zero-order chi connectivity index (χ0) is 25.2. The SMILES string of the molecule is Cl.O=C1CCC(N2C(=O)c3ccc(N4CCN(CCCC(=O)N5CCNCC5)CC4)cc3C2=O)C(=O)N1. The number of hydrogen-bond donors (Lipinski definition) is 2. The first-order chi connectivity index (χ1) is 17.4. The lowest BCUT2D eigenvalue weighted by Crippen LogP contribution is -2.54. The summed E-state index contributed by atoms with van der Waals surface area (Å²) in [6.45, 7) is 7.46. The number of nitrogens with zero attached hydrogens (tertiary/aromatic N) is 4. The van der Waals surface area contributed by atoms with Crippen molar-refractivity contribution in [1.29, 1.82) is 0 Å². The quantitative estimate of drug-likeness (QED) is 0.485. The fourth-order valence-electron chi connectivity index (χ4n) is 5.41. The highest BCUT2D eigenvalue weighted by molar-refractivity contribution is 6.23. The standard InChI is InChI=1S/C25H32N6O5.ClH/c32-21-6-5-20(23(34)27-21)31-24(35)18-4-3-17(16-19(18)25(31)36)29-14-12-28(13-15-29)9-1-2-22(33)30-10-7-26-8-11-30;/h3-4,16,20,26H,1-2,5-15H2,(H,27,32,34);1H. The van der Waals surface area contributed by atoms with Crippen molar-refractivity contribution >= 4 is 47.6 Å². The van der Waals surface area contributed by atoms with E-state index < -0.39 is 23.8 Å². The number of nitrogens with one attached hydrogen (secondary N) is 2. The van der Waals surface area contributed by atoms with Crippen LogP contribution in [0.3, 0.4) is 0 Å². The van der Waals surface area contributed by atoms with Crippen LogP contribution in [0, 0.1) is 0 Å². The number of piperidine rings is 1. The predicted octanol–water partition coefficient (Wildman–Crippen LogP) is -0.156.